The Bertz CT molecular complexity index is 418. The zero-order chi connectivity index (χ0) is 13.1. The predicted molar refractivity (Wildman–Crippen MR) is 56.5 cm³/mol. The fraction of sp³-hybridized carbons (Fsp3) is 0.300. The summed E-state index contributed by atoms with van der Waals surface area (Å²) in [5, 5.41) is 8.84. The molecule has 0 aliphatic rings. The van der Waals surface area contributed by atoms with Crippen molar-refractivity contribution in [3.8, 4) is 5.75 Å². The summed E-state index contributed by atoms with van der Waals surface area (Å²) in [7, 11) is 0. The molecule has 1 aromatic carbocycles. The first kappa shape index (κ1) is 13.7. The number of carboxylic acid groups (broad SMARTS) is 1. The maximum Gasteiger partial charge on any atom is 0.446 e. The molecule has 3 nitrogen and oxygen atoms in total. The molecule has 0 fully saturated rings. The van der Waals surface area contributed by atoms with Gasteiger partial charge in [0, 0.05) is 0 Å². The van der Waals surface area contributed by atoms with Crippen LogP contribution in [0.3, 0.4) is 0 Å². The maximum absolute atomic E-state index is 12.3. The SMILES string of the molecule is CCOc1c(SC(F)(F)F)cccc1C(=O)O. The number of para-hydroxylation sites is 1. The molecule has 0 bridgehead atoms. The van der Waals surface area contributed by atoms with Gasteiger partial charge in [0.05, 0.1) is 11.5 Å². The van der Waals surface area contributed by atoms with Crippen LogP contribution in [0.25, 0.3) is 0 Å². The van der Waals surface area contributed by atoms with Crippen molar-refractivity contribution in [1.29, 1.82) is 0 Å². The van der Waals surface area contributed by atoms with Gasteiger partial charge < -0.3 is 9.84 Å². The van der Waals surface area contributed by atoms with Crippen LogP contribution in [-0.2, 0) is 0 Å². The third-order valence-electron chi connectivity index (χ3n) is 1.72. The van der Waals surface area contributed by atoms with E-state index in [1.165, 1.54) is 18.2 Å². The molecule has 0 aliphatic carbocycles. The maximum atomic E-state index is 12.3. The monoisotopic (exact) mass is 266 g/mol. The standard InChI is InChI=1S/C10H9F3O3S/c1-2-16-8-6(9(14)15)4-3-5-7(8)17-10(11,12)13/h3-5H,2H2,1H3,(H,14,15). The lowest BCUT2D eigenvalue weighted by atomic mass is 10.2. The van der Waals surface area contributed by atoms with E-state index in [1.54, 1.807) is 6.92 Å². The molecule has 0 heterocycles. The van der Waals surface area contributed by atoms with E-state index in [0.29, 0.717) is 0 Å². The molecule has 1 N–H and O–H groups in total. The van der Waals surface area contributed by atoms with Crippen LogP contribution in [0.4, 0.5) is 13.2 Å². The van der Waals surface area contributed by atoms with Crippen molar-refractivity contribution in [2.45, 2.75) is 17.3 Å². The fourth-order valence-electron chi connectivity index (χ4n) is 1.18. The van der Waals surface area contributed by atoms with Crippen molar-refractivity contribution in [2.24, 2.45) is 0 Å². The van der Waals surface area contributed by atoms with Crippen LogP contribution in [0.15, 0.2) is 23.1 Å². The highest BCUT2D eigenvalue weighted by Crippen LogP contribution is 2.42. The molecular formula is C10H9F3O3S. The Morgan fingerprint density at radius 3 is 2.59 bits per heavy atom. The van der Waals surface area contributed by atoms with Gasteiger partial charge in [0.1, 0.15) is 11.3 Å². The van der Waals surface area contributed by atoms with Gasteiger partial charge >= 0.3 is 11.5 Å². The van der Waals surface area contributed by atoms with Crippen LogP contribution in [0.1, 0.15) is 17.3 Å². The molecule has 1 aromatic rings. The number of rotatable bonds is 4. The lowest BCUT2D eigenvalue weighted by molar-refractivity contribution is -0.0329. The lowest BCUT2D eigenvalue weighted by Crippen LogP contribution is -2.06. The van der Waals surface area contributed by atoms with Crippen molar-refractivity contribution in [1.82, 2.24) is 0 Å². The second-order valence-electron chi connectivity index (χ2n) is 2.92. The van der Waals surface area contributed by atoms with Gasteiger partial charge in [0.2, 0.25) is 0 Å². The summed E-state index contributed by atoms with van der Waals surface area (Å²) in [5.41, 5.74) is -4.76. The van der Waals surface area contributed by atoms with E-state index < -0.39 is 11.5 Å². The smallest absolute Gasteiger partial charge is 0.446 e. The van der Waals surface area contributed by atoms with Crippen molar-refractivity contribution >= 4 is 17.7 Å². The first-order valence-electron chi connectivity index (χ1n) is 4.60. The number of hydrogen-bond donors (Lipinski definition) is 1. The van der Waals surface area contributed by atoms with E-state index in [9.17, 15) is 18.0 Å². The molecule has 0 unspecified atom stereocenters. The van der Waals surface area contributed by atoms with Crippen molar-refractivity contribution in [2.75, 3.05) is 6.61 Å². The third-order valence-corrected chi connectivity index (χ3v) is 2.50. The van der Waals surface area contributed by atoms with Crippen molar-refractivity contribution in [3.63, 3.8) is 0 Å². The van der Waals surface area contributed by atoms with Gasteiger partial charge in [0.15, 0.2) is 0 Å². The zero-order valence-electron chi connectivity index (χ0n) is 8.75. The number of hydrogen-bond acceptors (Lipinski definition) is 3. The van der Waals surface area contributed by atoms with Crippen LogP contribution >= 0.6 is 11.8 Å². The Kier molecular flexibility index (Phi) is 4.28. The zero-order valence-corrected chi connectivity index (χ0v) is 9.56. The van der Waals surface area contributed by atoms with E-state index in [1.807, 2.05) is 0 Å². The topological polar surface area (TPSA) is 46.5 Å². The van der Waals surface area contributed by atoms with Crippen molar-refractivity contribution < 1.29 is 27.8 Å². The number of halogens is 3. The van der Waals surface area contributed by atoms with Gasteiger partial charge in [-0.2, -0.15) is 13.2 Å². The minimum absolute atomic E-state index is 0.0930. The number of carbonyl (C=O) groups is 1. The highest BCUT2D eigenvalue weighted by Gasteiger charge is 2.32. The quantitative estimate of drug-likeness (QED) is 0.848. The molecule has 1 rings (SSSR count). The van der Waals surface area contributed by atoms with Gasteiger partial charge in [0.25, 0.3) is 0 Å². The highest BCUT2D eigenvalue weighted by atomic mass is 32.2. The minimum Gasteiger partial charge on any atom is -0.492 e. The number of benzene rings is 1. The summed E-state index contributed by atoms with van der Waals surface area (Å²) in [6.07, 6.45) is 0. The molecule has 17 heavy (non-hydrogen) atoms. The molecule has 0 saturated heterocycles. The Balaban J connectivity index is 3.20. The number of carboxylic acids is 1. The summed E-state index contributed by atoms with van der Waals surface area (Å²) >= 11 is -0.389. The highest BCUT2D eigenvalue weighted by molar-refractivity contribution is 8.00. The van der Waals surface area contributed by atoms with E-state index in [-0.39, 0.29) is 34.6 Å². The number of alkyl halides is 3. The summed E-state index contributed by atoms with van der Waals surface area (Å²) in [6, 6.07) is 3.63. The van der Waals surface area contributed by atoms with Gasteiger partial charge in [-0.1, -0.05) is 6.07 Å². The molecule has 0 aliphatic heterocycles. The van der Waals surface area contributed by atoms with Gasteiger partial charge in [-0.05, 0) is 30.8 Å². The molecule has 0 aromatic heterocycles. The van der Waals surface area contributed by atoms with Crippen LogP contribution < -0.4 is 4.74 Å². The first-order chi connectivity index (χ1) is 7.85. The van der Waals surface area contributed by atoms with Crippen molar-refractivity contribution in [3.05, 3.63) is 23.8 Å². The van der Waals surface area contributed by atoms with E-state index in [2.05, 4.69) is 0 Å². The van der Waals surface area contributed by atoms with Gasteiger partial charge in [-0.25, -0.2) is 4.79 Å². The lowest BCUT2D eigenvalue weighted by Gasteiger charge is -2.13. The average Bonchev–Trinajstić information content (AvgIpc) is 2.18. The van der Waals surface area contributed by atoms with Crippen LogP contribution in [0.2, 0.25) is 0 Å². The van der Waals surface area contributed by atoms with Gasteiger partial charge in [-0.3, -0.25) is 0 Å². The van der Waals surface area contributed by atoms with E-state index in [4.69, 9.17) is 9.84 Å². The average molecular weight is 266 g/mol. The van der Waals surface area contributed by atoms with E-state index >= 15 is 0 Å². The summed E-state index contributed by atoms with van der Waals surface area (Å²) in [6.45, 7) is 1.66. The Hall–Kier alpha value is -1.37. The second kappa shape index (κ2) is 5.31. The first-order valence-corrected chi connectivity index (χ1v) is 5.41. The van der Waals surface area contributed by atoms with Gasteiger partial charge in [-0.15, -0.1) is 0 Å². The second-order valence-corrected chi connectivity index (χ2v) is 4.03. The Morgan fingerprint density at radius 2 is 2.12 bits per heavy atom. The normalized spacial score (nSPS) is 11.3. The summed E-state index contributed by atoms with van der Waals surface area (Å²) < 4.78 is 41.7. The van der Waals surface area contributed by atoms with E-state index in [0.717, 1.165) is 0 Å². The molecule has 7 heteroatoms. The molecule has 0 saturated carbocycles. The fourth-order valence-corrected chi connectivity index (χ4v) is 1.84. The van der Waals surface area contributed by atoms with Crippen LogP contribution in [0, 0.1) is 0 Å². The van der Waals surface area contributed by atoms with Crippen LogP contribution in [-0.4, -0.2) is 23.2 Å². The predicted octanol–water partition coefficient (Wildman–Crippen LogP) is 3.40. The number of ether oxygens (including phenoxy) is 1. The summed E-state index contributed by atoms with van der Waals surface area (Å²) in [5.74, 6) is -1.57. The molecule has 0 spiro atoms. The molecule has 94 valence electrons. The molecule has 0 radical (unpaired) electrons. The van der Waals surface area contributed by atoms with Crippen LogP contribution in [0.5, 0.6) is 5.75 Å². The Morgan fingerprint density at radius 1 is 1.47 bits per heavy atom. The largest absolute Gasteiger partial charge is 0.492 e. The third kappa shape index (κ3) is 3.85. The number of aromatic carboxylic acids is 1. The molecule has 0 atom stereocenters. The molecule has 0 amide bonds. The summed E-state index contributed by atoms with van der Waals surface area (Å²) in [4.78, 5) is 10.6. The Labute approximate surface area is 99.6 Å². The number of thioether (sulfide) groups is 1. The minimum atomic E-state index is -4.48. The molecular weight excluding hydrogens is 257 g/mol.